The highest BCUT2D eigenvalue weighted by Crippen LogP contribution is 2.32. The van der Waals surface area contributed by atoms with Gasteiger partial charge in [-0.1, -0.05) is 31.8 Å². The van der Waals surface area contributed by atoms with Gasteiger partial charge in [0.15, 0.2) is 0 Å². The molecule has 2 atom stereocenters. The van der Waals surface area contributed by atoms with E-state index in [1.54, 1.807) is 26.0 Å². The molecule has 1 aliphatic heterocycles. The highest BCUT2D eigenvalue weighted by Gasteiger charge is 2.43. The number of amides is 2. The molecule has 1 aromatic carbocycles. The third kappa shape index (κ3) is 2.33. The molecule has 0 aliphatic carbocycles. The summed E-state index contributed by atoms with van der Waals surface area (Å²) in [5.41, 5.74) is 2.03. The molecule has 2 rings (SSSR count). The van der Waals surface area contributed by atoms with Crippen LogP contribution in [0.4, 0.5) is 5.69 Å². The van der Waals surface area contributed by atoms with E-state index in [1.807, 2.05) is 13.0 Å². The molecule has 1 heterocycles. The molecule has 1 fully saturated rings. The SMILES string of the molecule is Cc1ccc(C#CCO)c(N2C(=O)C(C)C(C)C2=O)c1. The predicted octanol–water partition coefficient (Wildman–Crippen LogP) is 1.48. The Morgan fingerprint density at radius 3 is 2.35 bits per heavy atom. The molecule has 1 saturated heterocycles. The maximum atomic E-state index is 12.3. The van der Waals surface area contributed by atoms with Crippen molar-refractivity contribution >= 4 is 17.5 Å². The molecule has 2 unspecified atom stereocenters. The predicted molar refractivity (Wildman–Crippen MR) is 76.0 cm³/mol. The van der Waals surface area contributed by atoms with Crippen LogP contribution in [0.3, 0.4) is 0 Å². The number of aliphatic hydroxyl groups is 1. The van der Waals surface area contributed by atoms with Crippen LogP contribution in [0.2, 0.25) is 0 Å². The Kier molecular flexibility index (Phi) is 3.91. The van der Waals surface area contributed by atoms with Gasteiger partial charge in [0.1, 0.15) is 6.61 Å². The molecule has 20 heavy (non-hydrogen) atoms. The first-order valence-corrected chi connectivity index (χ1v) is 6.55. The Labute approximate surface area is 118 Å². The standard InChI is InChI=1S/C16H17NO3/c1-10-6-7-13(5-4-8-18)14(9-10)17-15(19)11(2)12(3)16(17)20/h6-7,9,11-12,18H,8H2,1-3H3. The zero-order valence-electron chi connectivity index (χ0n) is 11.8. The largest absolute Gasteiger partial charge is 0.384 e. The van der Waals surface area contributed by atoms with Gasteiger partial charge in [-0.15, -0.1) is 0 Å². The zero-order valence-corrected chi connectivity index (χ0v) is 11.8. The van der Waals surface area contributed by atoms with Crippen molar-refractivity contribution in [2.24, 2.45) is 11.8 Å². The van der Waals surface area contributed by atoms with Gasteiger partial charge >= 0.3 is 0 Å². The average molecular weight is 271 g/mol. The second-order valence-corrected chi connectivity index (χ2v) is 5.07. The van der Waals surface area contributed by atoms with Gasteiger partial charge in [-0.2, -0.15) is 0 Å². The third-order valence-electron chi connectivity index (χ3n) is 3.67. The molecule has 1 aliphatic rings. The summed E-state index contributed by atoms with van der Waals surface area (Å²) in [4.78, 5) is 25.8. The maximum Gasteiger partial charge on any atom is 0.237 e. The van der Waals surface area contributed by atoms with Crippen LogP contribution >= 0.6 is 0 Å². The van der Waals surface area contributed by atoms with E-state index in [0.29, 0.717) is 11.3 Å². The Bertz CT molecular complexity index is 604. The molecule has 1 N–H and O–H groups in total. The Hall–Kier alpha value is -2.12. The first-order chi connectivity index (χ1) is 9.47. The Morgan fingerprint density at radius 1 is 1.20 bits per heavy atom. The topological polar surface area (TPSA) is 57.6 Å². The van der Waals surface area contributed by atoms with Crippen LogP contribution in [0, 0.1) is 30.6 Å². The van der Waals surface area contributed by atoms with Gasteiger partial charge in [0.25, 0.3) is 0 Å². The van der Waals surface area contributed by atoms with E-state index in [-0.39, 0.29) is 30.3 Å². The number of aryl methyl sites for hydroxylation is 1. The fourth-order valence-electron chi connectivity index (χ4n) is 2.25. The molecule has 4 heteroatoms. The Morgan fingerprint density at radius 2 is 1.80 bits per heavy atom. The van der Waals surface area contributed by atoms with Gasteiger partial charge in [0.05, 0.1) is 5.69 Å². The summed E-state index contributed by atoms with van der Waals surface area (Å²) in [6.45, 7) is 5.16. The summed E-state index contributed by atoms with van der Waals surface area (Å²) in [6.07, 6.45) is 0. The Balaban J connectivity index is 2.54. The van der Waals surface area contributed by atoms with Gasteiger partial charge in [-0.25, -0.2) is 4.90 Å². The molecule has 2 amide bonds. The number of carbonyl (C=O) groups excluding carboxylic acids is 2. The van der Waals surface area contributed by atoms with Crippen molar-refractivity contribution in [2.75, 3.05) is 11.5 Å². The van der Waals surface area contributed by atoms with Crippen LogP contribution in [0.25, 0.3) is 0 Å². The number of rotatable bonds is 1. The first kappa shape index (κ1) is 14.3. The highest BCUT2D eigenvalue weighted by atomic mass is 16.2. The van der Waals surface area contributed by atoms with Crippen LogP contribution in [0.5, 0.6) is 0 Å². The quantitative estimate of drug-likeness (QED) is 0.622. The lowest BCUT2D eigenvalue weighted by Gasteiger charge is -2.17. The zero-order chi connectivity index (χ0) is 14.9. The molecule has 104 valence electrons. The molecule has 0 spiro atoms. The highest BCUT2D eigenvalue weighted by molar-refractivity contribution is 6.22. The van der Waals surface area contributed by atoms with E-state index in [9.17, 15) is 9.59 Å². The molecule has 1 aromatic rings. The number of aliphatic hydroxyl groups excluding tert-OH is 1. The number of hydrogen-bond acceptors (Lipinski definition) is 3. The lowest BCUT2D eigenvalue weighted by atomic mass is 10.00. The average Bonchev–Trinajstić information content (AvgIpc) is 2.62. The van der Waals surface area contributed by atoms with Crippen LogP contribution in [0.1, 0.15) is 25.0 Å². The molecule has 0 bridgehead atoms. The lowest BCUT2D eigenvalue weighted by molar-refractivity contribution is -0.122. The summed E-state index contributed by atoms with van der Waals surface area (Å²) in [5.74, 6) is 4.32. The van der Waals surface area contributed by atoms with Crippen molar-refractivity contribution in [1.82, 2.24) is 0 Å². The second kappa shape index (κ2) is 5.48. The minimum atomic E-state index is -0.318. The summed E-state index contributed by atoms with van der Waals surface area (Å²) in [6, 6.07) is 5.41. The number of anilines is 1. The minimum absolute atomic E-state index is 0.194. The van der Waals surface area contributed by atoms with Crippen molar-refractivity contribution < 1.29 is 14.7 Å². The maximum absolute atomic E-state index is 12.3. The van der Waals surface area contributed by atoms with E-state index in [1.165, 1.54) is 4.90 Å². The monoisotopic (exact) mass is 271 g/mol. The summed E-state index contributed by atoms with van der Waals surface area (Å²) in [5, 5.41) is 8.81. The van der Waals surface area contributed by atoms with E-state index >= 15 is 0 Å². The summed E-state index contributed by atoms with van der Waals surface area (Å²) < 4.78 is 0. The second-order valence-electron chi connectivity index (χ2n) is 5.07. The molecule has 4 nitrogen and oxygen atoms in total. The van der Waals surface area contributed by atoms with Crippen LogP contribution < -0.4 is 4.90 Å². The lowest BCUT2D eigenvalue weighted by Crippen LogP contribution is -2.31. The van der Waals surface area contributed by atoms with Crippen LogP contribution in [0.15, 0.2) is 18.2 Å². The normalized spacial score (nSPS) is 21.9. The van der Waals surface area contributed by atoms with Crippen molar-refractivity contribution in [2.45, 2.75) is 20.8 Å². The number of carbonyl (C=O) groups is 2. The van der Waals surface area contributed by atoms with Gasteiger partial charge in [-0.3, -0.25) is 9.59 Å². The first-order valence-electron chi connectivity index (χ1n) is 6.55. The van der Waals surface area contributed by atoms with Crippen LogP contribution in [-0.4, -0.2) is 23.5 Å². The van der Waals surface area contributed by atoms with Gasteiger partial charge in [0, 0.05) is 17.4 Å². The molecule has 0 saturated carbocycles. The molecule has 0 aromatic heterocycles. The third-order valence-corrected chi connectivity index (χ3v) is 3.67. The van der Waals surface area contributed by atoms with E-state index in [4.69, 9.17) is 5.11 Å². The van der Waals surface area contributed by atoms with E-state index in [2.05, 4.69) is 11.8 Å². The molecule has 0 radical (unpaired) electrons. The number of hydrogen-bond donors (Lipinski definition) is 1. The van der Waals surface area contributed by atoms with Gasteiger partial charge in [0.2, 0.25) is 11.8 Å². The van der Waals surface area contributed by atoms with Crippen molar-refractivity contribution in [3.05, 3.63) is 29.3 Å². The summed E-state index contributed by atoms with van der Waals surface area (Å²) >= 11 is 0. The van der Waals surface area contributed by atoms with Gasteiger partial charge < -0.3 is 5.11 Å². The number of benzene rings is 1. The number of nitrogens with zero attached hydrogens (tertiary/aromatic N) is 1. The molecular weight excluding hydrogens is 254 g/mol. The smallest absolute Gasteiger partial charge is 0.237 e. The molecular formula is C16H17NO3. The van der Waals surface area contributed by atoms with Gasteiger partial charge in [-0.05, 0) is 24.6 Å². The van der Waals surface area contributed by atoms with Crippen LogP contribution in [-0.2, 0) is 9.59 Å². The van der Waals surface area contributed by atoms with E-state index in [0.717, 1.165) is 5.56 Å². The van der Waals surface area contributed by atoms with Crippen molar-refractivity contribution in [1.29, 1.82) is 0 Å². The fourth-order valence-corrected chi connectivity index (χ4v) is 2.25. The number of imide groups is 1. The van der Waals surface area contributed by atoms with Crippen molar-refractivity contribution in [3.63, 3.8) is 0 Å². The summed E-state index contributed by atoms with van der Waals surface area (Å²) in [7, 11) is 0. The van der Waals surface area contributed by atoms with E-state index < -0.39 is 0 Å². The van der Waals surface area contributed by atoms with Crippen molar-refractivity contribution in [3.8, 4) is 11.8 Å². The fraction of sp³-hybridized carbons (Fsp3) is 0.375. The minimum Gasteiger partial charge on any atom is -0.384 e.